The Labute approximate surface area is 86.5 Å². The van der Waals surface area contributed by atoms with Crippen molar-refractivity contribution in [3.63, 3.8) is 0 Å². The number of hydrogen-bond donors (Lipinski definition) is 0. The van der Waals surface area contributed by atoms with Crippen molar-refractivity contribution >= 4 is 15.9 Å². The summed E-state index contributed by atoms with van der Waals surface area (Å²) in [7, 11) is 0. The molecule has 72 valence electrons. The standard InChI is InChI=1S/C10H13BrFN/c1-6-9(12)7(10(2,3)4)5-8(11)13-6/h5H,1-4H3. The number of rotatable bonds is 0. The fraction of sp³-hybridized carbons (Fsp3) is 0.500. The predicted molar refractivity (Wildman–Crippen MR) is 55.3 cm³/mol. The van der Waals surface area contributed by atoms with Crippen LogP contribution in [0.1, 0.15) is 32.0 Å². The molecule has 0 aliphatic rings. The maximum atomic E-state index is 13.6. The van der Waals surface area contributed by atoms with E-state index in [0.717, 1.165) is 0 Å². The summed E-state index contributed by atoms with van der Waals surface area (Å²) in [5.41, 5.74) is 0.964. The molecule has 3 heteroatoms. The summed E-state index contributed by atoms with van der Waals surface area (Å²) in [4.78, 5) is 3.99. The molecule has 0 spiro atoms. The van der Waals surface area contributed by atoms with Crippen LogP contribution in [-0.4, -0.2) is 4.98 Å². The molecular weight excluding hydrogens is 233 g/mol. The van der Waals surface area contributed by atoms with Crippen molar-refractivity contribution in [2.24, 2.45) is 0 Å². The van der Waals surface area contributed by atoms with Crippen molar-refractivity contribution in [1.82, 2.24) is 4.98 Å². The quantitative estimate of drug-likeness (QED) is 0.637. The van der Waals surface area contributed by atoms with Gasteiger partial charge in [0.2, 0.25) is 0 Å². The number of nitrogens with zero attached hydrogens (tertiary/aromatic N) is 1. The summed E-state index contributed by atoms with van der Waals surface area (Å²) in [5, 5.41) is 0. The molecule has 1 heterocycles. The van der Waals surface area contributed by atoms with Crippen LogP contribution in [0.25, 0.3) is 0 Å². The SMILES string of the molecule is Cc1nc(Br)cc(C(C)(C)C)c1F. The average Bonchev–Trinajstić information content (AvgIpc) is 1.94. The highest BCUT2D eigenvalue weighted by molar-refractivity contribution is 9.10. The minimum absolute atomic E-state index is 0.180. The van der Waals surface area contributed by atoms with E-state index >= 15 is 0 Å². The van der Waals surface area contributed by atoms with Crippen molar-refractivity contribution in [2.45, 2.75) is 33.1 Å². The molecule has 13 heavy (non-hydrogen) atoms. The lowest BCUT2D eigenvalue weighted by Crippen LogP contribution is -2.15. The molecule has 1 nitrogen and oxygen atoms in total. The summed E-state index contributed by atoms with van der Waals surface area (Å²) in [6.07, 6.45) is 0. The highest BCUT2D eigenvalue weighted by atomic mass is 79.9. The Bertz CT molecular complexity index is 328. The van der Waals surface area contributed by atoms with Gasteiger partial charge in [0.15, 0.2) is 0 Å². The zero-order valence-electron chi connectivity index (χ0n) is 8.28. The van der Waals surface area contributed by atoms with Crippen LogP contribution in [0.3, 0.4) is 0 Å². The van der Waals surface area contributed by atoms with Crippen LogP contribution in [0, 0.1) is 12.7 Å². The molecule has 0 atom stereocenters. The topological polar surface area (TPSA) is 12.9 Å². The predicted octanol–water partition coefficient (Wildman–Crippen LogP) is 3.59. The van der Waals surface area contributed by atoms with Gasteiger partial charge in [0.05, 0.1) is 5.69 Å². The second-order valence-corrected chi connectivity index (χ2v) is 4.95. The molecule has 0 aliphatic heterocycles. The molecule has 1 rings (SSSR count). The van der Waals surface area contributed by atoms with Gasteiger partial charge in [0, 0.05) is 0 Å². The van der Waals surface area contributed by atoms with Gasteiger partial charge in [-0.2, -0.15) is 0 Å². The van der Waals surface area contributed by atoms with E-state index in [4.69, 9.17) is 0 Å². The van der Waals surface area contributed by atoms with Gasteiger partial charge in [-0.25, -0.2) is 9.37 Å². The Morgan fingerprint density at radius 2 is 1.92 bits per heavy atom. The smallest absolute Gasteiger partial charge is 0.148 e. The average molecular weight is 246 g/mol. The normalized spacial score (nSPS) is 11.8. The van der Waals surface area contributed by atoms with E-state index in [9.17, 15) is 4.39 Å². The Kier molecular flexibility index (Phi) is 2.76. The highest BCUT2D eigenvalue weighted by Gasteiger charge is 2.20. The fourth-order valence-corrected chi connectivity index (χ4v) is 1.66. The first-order chi connectivity index (χ1) is 5.82. The molecule has 0 fully saturated rings. The van der Waals surface area contributed by atoms with Crippen molar-refractivity contribution in [2.75, 3.05) is 0 Å². The summed E-state index contributed by atoms with van der Waals surface area (Å²) in [5.74, 6) is -0.198. The summed E-state index contributed by atoms with van der Waals surface area (Å²) >= 11 is 3.26. The number of halogens is 2. The molecule has 0 unspecified atom stereocenters. The number of aromatic nitrogens is 1. The molecule has 1 aromatic heterocycles. The second-order valence-electron chi connectivity index (χ2n) is 4.14. The van der Waals surface area contributed by atoms with Crippen molar-refractivity contribution < 1.29 is 4.39 Å². The fourth-order valence-electron chi connectivity index (χ4n) is 1.16. The van der Waals surface area contributed by atoms with E-state index in [-0.39, 0.29) is 11.2 Å². The molecule has 0 amide bonds. The third-order valence-corrected chi connectivity index (χ3v) is 2.31. The van der Waals surface area contributed by atoms with Gasteiger partial charge in [-0.15, -0.1) is 0 Å². The molecular formula is C10H13BrFN. The molecule has 0 N–H and O–H groups in total. The number of hydrogen-bond acceptors (Lipinski definition) is 1. The lowest BCUT2D eigenvalue weighted by Gasteiger charge is -2.20. The summed E-state index contributed by atoms with van der Waals surface area (Å²) in [6, 6.07) is 1.74. The minimum atomic E-state index is -0.198. The molecule has 0 saturated heterocycles. The summed E-state index contributed by atoms with van der Waals surface area (Å²) in [6.45, 7) is 7.63. The van der Waals surface area contributed by atoms with Crippen molar-refractivity contribution in [3.05, 3.63) is 27.7 Å². The van der Waals surface area contributed by atoms with Crippen LogP contribution in [0.4, 0.5) is 4.39 Å². The molecule has 0 radical (unpaired) electrons. The first-order valence-electron chi connectivity index (χ1n) is 4.15. The molecule has 0 aromatic carbocycles. The largest absolute Gasteiger partial charge is 0.243 e. The van der Waals surface area contributed by atoms with Gasteiger partial charge in [0.25, 0.3) is 0 Å². The van der Waals surface area contributed by atoms with E-state index < -0.39 is 0 Å². The third kappa shape index (κ3) is 2.27. The Morgan fingerprint density at radius 1 is 1.38 bits per heavy atom. The monoisotopic (exact) mass is 245 g/mol. The first kappa shape index (κ1) is 10.6. The minimum Gasteiger partial charge on any atom is -0.243 e. The lowest BCUT2D eigenvalue weighted by molar-refractivity contribution is 0.512. The van der Waals surface area contributed by atoms with E-state index in [1.165, 1.54) is 0 Å². The van der Waals surface area contributed by atoms with Crippen molar-refractivity contribution in [3.8, 4) is 0 Å². The van der Waals surface area contributed by atoms with Gasteiger partial charge in [-0.3, -0.25) is 0 Å². The van der Waals surface area contributed by atoms with Crippen LogP contribution >= 0.6 is 15.9 Å². The first-order valence-corrected chi connectivity index (χ1v) is 4.95. The van der Waals surface area contributed by atoms with Gasteiger partial charge in [-0.1, -0.05) is 20.8 Å². The molecule has 0 bridgehead atoms. The number of aryl methyl sites for hydroxylation is 1. The van der Waals surface area contributed by atoms with Gasteiger partial charge >= 0.3 is 0 Å². The zero-order valence-corrected chi connectivity index (χ0v) is 9.87. The Morgan fingerprint density at radius 3 is 2.38 bits per heavy atom. The van der Waals surface area contributed by atoms with Crippen molar-refractivity contribution in [1.29, 1.82) is 0 Å². The van der Waals surface area contributed by atoms with Crippen LogP contribution in [-0.2, 0) is 5.41 Å². The maximum absolute atomic E-state index is 13.6. The van der Waals surface area contributed by atoms with Crippen LogP contribution < -0.4 is 0 Å². The highest BCUT2D eigenvalue weighted by Crippen LogP contribution is 2.28. The van der Waals surface area contributed by atoms with Crippen LogP contribution in [0.15, 0.2) is 10.7 Å². The van der Waals surface area contributed by atoms with E-state index in [2.05, 4.69) is 20.9 Å². The number of pyridine rings is 1. The second kappa shape index (κ2) is 3.37. The van der Waals surface area contributed by atoms with Gasteiger partial charge in [0.1, 0.15) is 10.4 Å². The van der Waals surface area contributed by atoms with Crippen LogP contribution in [0.5, 0.6) is 0 Å². The third-order valence-electron chi connectivity index (χ3n) is 1.90. The van der Waals surface area contributed by atoms with E-state index in [0.29, 0.717) is 15.9 Å². The zero-order chi connectivity index (χ0) is 10.2. The van der Waals surface area contributed by atoms with Crippen LogP contribution in [0.2, 0.25) is 0 Å². The van der Waals surface area contributed by atoms with Gasteiger partial charge in [-0.05, 0) is 39.9 Å². The maximum Gasteiger partial charge on any atom is 0.148 e. The Hall–Kier alpha value is -0.440. The molecule has 1 aromatic rings. The Balaban J connectivity index is 3.37. The molecule has 0 saturated carbocycles. The summed E-state index contributed by atoms with van der Waals surface area (Å²) < 4.78 is 14.3. The molecule has 0 aliphatic carbocycles. The lowest BCUT2D eigenvalue weighted by atomic mass is 9.87. The van der Waals surface area contributed by atoms with E-state index in [1.54, 1.807) is 13.0 Å². The van der Waals surface area contributed by atoms with E-state index in [1.807, 2.05) is 20.8 Å². The van der Waals surface area contributed by atoms with Gasteiger partial charge < -0.3 is 0 Å².